The summed E-state index contributed by atoms with van der Waals surface area (Å²) in [5.74, 6) is -1.02. The molecule has 4 nitrogen and oxygen atoms in total. The van der Waals surface area contributed by atoms with Crippen LogP contribution in [0.2, 0.25) is 0 Å². The molecule has 0 amide bonds. The van der Waals surface area contributed by atoms with Crippen molar-refractivity contribution >= 4 is 27.0 Å². The quantitative estimate of drug-likeness (QED) is 0.695. The Kier molecular flexibility index (Phi) is 4.47. The zero-order valence-corrected chi connectivity index (χ0v) is 13.1. The summed E-state index contributed by atoms with van der Waals surface area (Å²) in [4.78, 5) is 11.8. The first-order valence-electron chi connectivity index (χ1n) is 6.61. The van der Waals surface area contributed by atoms with Crippen LogP contribution in [-0.2, 0) is 14.6 Å². The van der Waals surface area contributed by atoms with Gasteiger partial charge in [-0.1, -0.05) is 42.5 Å². The Morgan fingerprint density at radius 1 is 0.909 bits per heavy atom. The van der Waals surface area contributed by atoms with E-state index in [0.717, 1.165) is 6.26 Å². The topological polar surface area (TPSA) is 71.4 Å². The van der Waals surface area contributed by atoms with Crippen molar-refractivity contribution in [1.29, 1.82) is 0 Å². The standard InChI is InChI=1S/C17H16O4S/c1-12(13-8-10-15(11-9-13)22(2,20)21)16(17(18)19)14-6-4-3-5-7-14/h3-11H,1-2H3,(H,18,19)/b16-12-. The maximum absolute atomic E-state index is 11.6. The second kappa shape index (κ2) is 6.15. The van der Waals surface area contributed by atoms with Gasteiger partial charge in [-0.2, -0.15) is 0 Å². The van der Waals surface area contributed by atoms with E-state index in [1.807, 2.05) is 6.07 Å². The van der Waals surface area contributed by atoms with Gasteiger partial charge in [-0.05, 0) is 35.8 Å². The lowest BCUT2D eigenvalue weighted by molar-refractivity contribution is -0.130. The molecule has 22 heavy (non-hydrogen) atoms. The zero-order chi connectivity index (χ0) is 16.3. The van der Waals surface area contributed by atoms with Crippen molar-refractivity contribution in [3.8, 4) is 0 Å². The molecular formula is C17H16O4S. The summed E-state index contributed by atoms with van der Waals surface area (Å²) in [7, 11) is -3.27. The van der Waals surface area contributed by atoms with E-state index in [1.54, 1.807) is 43.3 Å². The predicted molar refractivity (Wildman–Crippen MR) is 86.1 cm³/mol. The van der Waals surface area contributed by atoms with Gasteiger partial charge in [-0.25, -0.2) is 13.2 Å². The molecule has 0 spiro atoms. The van der Waals surface area contributed by atoms with Crippen LogP contribution in [0.4, 0.5) is 0 Å². The van der Waals surface area contributed by atoms with Crippen LogP contribution in [0.25, 0.3) is 11.1 Å². The van der Waals surface area contributed by atoms with Crippen molar-refractivity contribution in [2.24, 2.45) is 0 Å². The minimum atomic E-state index is -3.27. The van der Waals surface area contributed by atoms with Gasteiger partial charge in [0.25, 0.3) is 0 Å². The molecule has 5 heteroatoms. The molecule has 2 rings (SSSR count). The van der Waals surface area contributed by atoms with Crippen LogP contribution in [0, 0.1) is 0 Å². The summed E-state index contributed by atoms with van der Waals surface area (Å²) < 4.78 is 22.9. The van der Waals surface area contributed by atoms with Gasteiger partial charge in [0.05, 0.1) is 10.5 Å². The molecule has 0 aliphatic heterocycles. The fourth-order valence-corrected chi connectivity index (χ4v) is 2.83. The van der Waals surface area contributed by atoms with E-state index >= 15 is 0 Å². The predicted octanol–water partition coefficient (Wildman–Crippen LogP) is 3.11. The number of rotatable bonds is 4. The first kappa shape index (κ1) is 16.0. The number of allylic oxidation sites excluding steroid dienone is 1. The average molecular weight is 316 g/mol. The molecular weight excluding hydrogens is 300 g/mol. The van der Waals surface area contributed by atoms with Gasteiger partial charge in [0, 0.05) is 6.26 Å². The van der Waals surface area contributed by atoms with Gasteiger partial charge >= 0.3 is 5.97 Å². The van der Waals surface area contributed by atoms with Crippen LogP contribution in [0.1, 0.15) is 18.1 Å². The molecule has 0 aromatic heterocycles. The average Bonchev–Trinajstić information content (AvgIpc) is 2.47. The third kappa shape index (κ3) is 3.43. The molecule has 0 aliphatic carbocycles. The highest BCUT2D eigenvalue weighted by Gasteiger charge is 2.15. The number of aliphatic carboxylic acids is 1. The minimum Gasteiger partial charge on any atom is -0.478 e. The van der Waals surface area contributed by atoms with Crippen LogP contribution in [0.5, 0.6) is 0 Å². The number of carboxylic acid groups (broad SMARTS) is 1. The van der Waals surface area contributed by atoms with Crippen LogP contribution in [0.3, 0.4) is 0 Å². The van der Waals surface area contributed by atoms with Crippen LogP contribution in [0.15, 0.2) is 59.5 Å². The van der Waals surface area contributed by atoms with E-state index in [1.165, 1.54) is 12.1 Å². The molecule has 114 valence electrons. The fourth-order valence-electron chi connectivity index (χ4n) is 2.20. The Bertz CT molecular complexity index is 817. The molecule has 0 bridgehead atoms. The Morgan fingerprint density at radius 2 is 1.45 bits per heavy atom. The molecule has 0 aliphatic rings. The Morgan fingerprint density at radius 3 is 1.91 bits per heavy atom. The van der Waals surface area contributed by atoms with Crippen molar-refractivity contribution in [3.05, 3.63) is 65.7 Å². The molecule has 2 aromatic carbocycles. The largest absolute Gasteiger partial charge is 0.478 e. The van der Waals surface area contributed by atoms with Crippen molar-refractivity contribution < 1.29 is 18.3 Å². The normalized spacial score (nSPS) is 12.6. The molecule has 0 fully saturated rings. The monoisotopic (exact) mass is 316 g/mol. The van der Waals surface area contributed by atoms with Crippen molar-refractivity contribution in [1.82, 2.24) is 0 Å². The summed E-state index contributed by atoms with van der Waals surface area (Å²) >= 11 is 0. The summed E-state index contributed by atoms with van der Waals surface area (Å²) in [5, 5.41) is 9.49. The van der Waals surface area contributed by atoms with E-state index in [9.17, 15) is 18.3 Å². The summed E-state index contributed by atoms with van der Waals surface area (Å²) in [6.45, 7) is 1.71. The van der Waals surface area contributed by atoms with Gasteiger partial charge in [-0.15, -0.1) is 0 Å². The van der Waals surface area contributed by atoms with Crippen molar-refractivity contribution in [2.45, 2.75) is 11.8 Å². The summed E-state index contributed by atoms with van der Waals surface area (Å²) in [5.41, 5.74) is 2.07. The maximum Gasteiger partial charge on any atom is 0.336 e. The second-order valence-corrected chi connectivity index (χ2v) is 6.98. The van der Waals surface area contributed by atoms with Gasteiger partial charge < -0.3 is 5.11 Å². The van der Waals surface area contributed by atoms with E-state index in [4.69, 9.17) is 0 Å². The summed E-state index contributed by atoms with van der Waals surface area (Å²) in [6, 6.07) is 15.1. The first-order valence-corrected chi connectivity index (χ1v) is 8.50. The highest BCUT2D eigenvalue weighted by molar-refractivity contribution is 7.90. The van der Waals surface area contributed by atoms with Crippen molar-refractivity contribution in [2.75, 3.05) is 6.26 Å². The second-order valence-electron chi connectivity index (χ2n) is 4.97. The number of hydrogen-bond donors (Lipinski definition) is 1. The minimum absolute atomic E-state index is 0.202. The first-order chi connectivity index (χ1) is 10.3. The molecule has 1 N–H and O–H groups in total. The van der Waals surface area contributed by atoms with Crippen molar-refractivity contribution in [3.63, 3.8) is 0 Å². The third-order valence-electron chi connectivity index (χ3n) is 3.37. The molecule has 0 saturated heterocycles. The molecule has 0 radical (unpaired) electrons. The van der Waals surface area contributed by atoms with E-state index in [0.29, 0.717) is 16.7 Å². The highest BCUT2D eigenvalue weighted by atomic mass is 32.2. The van der Waals surface area contributed by atoms with E-state index in [2.05, 4.69) is 0 Å². The van der Waals surface area contributed by atoms with Gasteiger partial charge in [0.2, 0.25) is 0 Å². The third-order valence-corrected chi connectivity index (χ3v) is 4.50. The van der Waals surface area contributed by atoms with Gasteiger partial charge in [0.1, 0.15) is 0 Å². The van der Waals surface area contributed by atoms with Gasteiger partial charge in [-0.3, -0.25) is 0 Å². The molecule has 0 saturated carbocycles. The Hall–Kier alpha value is -2.40. The fraction of sp³-hybridized carbons (Fsp3) is 0.118. The van der Waals surface area contributed by atoms with Crippen LogP contribution in [-0.4, -0.2) is 25.7 Å². The number of carbonyl (C=O) groups is 1. The highest BCUT2D eigenvalue weighted by Crippen LogP contribution is 2.27. The molecule has 0 heterocycles. The molecule has 0 atom stereocenters. The summed E-state index contributed by atoms with van der Waals surface area (Å²) in [6.07, 6.45) is 1.14. The van der Waals surface area contributed by atoms with E-state index in [-0.39, 0.29) is 10.5 Å². The lowest BCUT2D eigenvalue weighted by atomic mass is 9.96. The lowest BCUT2D eigenvalue weighted by Crippen LogP contribution is -2.03. The lowest BCUT2D eigenvalue weighted by Gasteiger charge is -2.10. The zero-order valence-electron chi connectivity index (χ0n) is 12.3. The number of sulfone groups is 1. The molecule has 2 aromatic rings. The van der Waals surface area contributed by atoms with Crippen LogP contribution >= 0.6 is 0 Å². The van der Waals surface area contributed by atoms with Gasteiger partial charge in [0.15, 0.2) is 9.84 Å². The SMILES string of the molecule is C/C(=C(/C(=O)O)c1ccccc1)c1ccc(S(C)(=O)=O)cc1. The Balaban J connectivity index is 2.55. The Labute approximate surface area is 129 Å². The number of carboxylic acids is 1. The smallest absolute Gasteiger partial charge is 0.336 e. The van der Waals surface area contributed by atoms with Crippen LogP contribution < -0.4 is 0 Å². The number of benzene rings is 2. The number of hydrogen-bond acceptors (Lipinski definition) is 3. The maximum atomic E-state index is 11.6. The van der Waals surface area contributed by atoms with E-state index < -0.39 is 15.8 Å². The molecule has 0 unspecified atom stereocenters.